The molecule has 2 N–H and O–H groups in total. The van der Waals surface area contributed by atoms with Crippen molar-refractivity contribution in [2.24, 2.45) is 5.92 Å². The van der Waals surface area contributed by atoms with Gasteiger partial charge in [0, 0.05) is 26.0 Å². The highest BCUT2D eigenvalue weighted by Crippen LogP contribution is 2.23. The Morgan fingerprint density at radius 2 is 2.13 bits per heavy atom. The second-order valence-corrected chi connectivity index (χ2v) is 7.51. The Bertz CT molecular complexity index is 1110. The zero-order chi connectivity index (χ0) is 20.9. The lowest BCUT2D eigenvalue weighted by molar-refractivity contribution is 0.0642. The number of carbonyl (C=O) groups excluding carboxylic acids is 1. The van der Waals surface area contributed by atoms with Crippen molar-refractivity contribution >= 4 is 28.4 Å². The standard InChI is InChI=1S/C21H21ClN4O4/c22-17-2-1-14(9-16(17)20(27)24-10-13-4-7-29-8-5-13)30-12-19-25-18-11-23-6-3-15(18)21(28)26-19/h1-3,6,9,11,13H,4-5,7-8,10,12H2,(H,24,27)(H,25,26,28). The minimum atomic E-state index is -0.259. The number of carbonyl (C=O) groups is 1. The van der Waals surface area contributed by atoms with Gasteiger partial charge in [0.1, 0.15) is 18.2 Å². The second-order valence-electron chi connectivity index (χ2n) is 7.10. The van der Waals surface area contributed by atoms with E-state index in [1.807, 2.05) is 0 Å². The summed E-state index contributed by atoms with van der Waals surface area (Å²) >= 11 is 6.21. The van der Waals surface area contributed by atoms with Crippen molar-refractivity contribution in [2.45, 2.75) is 19.4 Å². The van der Waals surface area contributed by atoms with E-state index in [1.165, 1.54) is 12.4 Å². The molecule has 0 atom stereocenters. The Morgan fingerprint density at radius 1 is 1.30 bits per heavy atom. The summed E-state index contributed by atoms with van der Waals surface area (Å²) in [6.07, 6.45) is 4.93. The van der Waals surface area contributed by atoms with Gasteiger partial charge in [-0.3, -0.25) is 14.6 Å². The number of amides is 1. The maximum atomic E-state index is 12.6. The molecule has 0 bridgehead atoms. The summed E-state index contributed by atoms with van der Waals surface area (Å²) in [6.45, 7) is 2.07. The van der Waals surface area contributed by atoms with Crippen molar-refractivity contribution in [3.8, 4) is 5.75 Å². The molecule has 3 heterocycles. The van der Waals surface area contributed by atoms with Crippen LogP contribution in [0.25, 0.3) is 10.9 Å². The molecule has 2 aromatic heterocycles. The van der Waals surface area contributed by atoms with E-state index in [0.717, 1.165) is 26.1 Å². The number of pyridine rings is 1. The summed E-state index contributed by atoms with van der Waals surface area (Å²) in [7, 11) is 0. The lowest BCUT2D eigenvalue weighted by Gasteiger charge is -2.22. The minimum Gasteiger partial charge on any atom is -0.486 e. The number of hydrogen-bond donors (Lipinski definition) is 2. The number of fused-ring (bicyclic) bond motifs is 1. The first-order valence-electron chi connectivity index (χ1n) is 9.71. The molecule has 0 spiro atoms. The van der Waals surface area contributed by atoms with Crippen LogP contribution < -0.4 is 15.6 Å². The molecule has 1 fully saturated rings. The quantitative estimate of drug-likeness (QED) is 0.625. The molecule has 4 rings (SSSR count). The van der Waals surface area contributed by atoms with Gasteiger partial charge in [-0.05, 0) is 43.0 Å². The topological polar surface area (TPSA) is 106 Å². The molecule has 0 radical (unpaired) electrons. The van der Waals surface area contributed by atoms with E-state index in [-0.39, 0.29) is 18.1 Å². The molecular formula is C21H21ClN4O4. The molecule has 1 amide bonds. The van der Waals surface area contributed by atoms with Crippen LogP contribution >= 0.6 is 11.6 Å². The van der Waals surface area contributed by atoms with E-state index in [2.05, 4.69) is 20.3 Å². The number of ether oxygens (including phenoxy) is 2. The maximum absolute atomic E-state index is 12.6. The van der Waals surface area contributed by atoms with Crippen LogP contribution in [0.4, 0.5) is 0 Å². The Morgan fingerprint density at radius 3 is 2.97 bits per heavy atom. The Labute approximate surface area is 177 Å². The fraction of sp³-hybridized carbons (Fsp3) is 0.333. The molecule has 1 saturated heterocycles. The van der Waals surface area contributed by atoms with Crippen molar-refractivity contribution < 1.29 is 14.3 Å². The number of nitrogens with zero attached hydrogens (tertiary/aromatic N) is 2. The van der Waals surface area contributed by atoms with Crippen LogP contribution in [0.2, 0.25) is 5.02 Å². The minimum absolute atomic E-state index is 0.0326. The highest BCUT2D eigenvalue weighted by atomic mass is 35.5. The van der Waals surface area contributed by atoms with Crippen LogP contribution in [0.1, 0.15) is 29.0 Å². The van der Waals surface area contributed by atoms with Crippen molar-refractivity contribution in [3.63, 3.8) is 0 Å². The van der Waals surface area contributed by atoms with Gasteiger partial charge in [0.15, 0.2) is 0 Å². The molecule has 8 nitrogen and oxygen atoms in total. The summed E-state index contributed by atoms with van der Waals surface area (Å²) in [5.41, 5.74) is 0.569. The lowest BCUT2D eigenvalue weighted by atomic mass is 10.0. The fourth-order valence-corrected chi connectivity index (χ4v) is 3.51. The smallest absolute Gasteiger partial charge is 0.258 e. The van der Waals surface area contributed by atoms with Gasteiger partial charge >= 0.3 is 0 Å². The third-order valence-electron chi connectivity index (χ3n) is 5.01. The van der Waals surface area contributed by atoms with Crippen LogP contribution in [0.3, 0.4) is 0 Å². The molecule has 1 aliphatic rings. The molecule has 30 heavy (non-hydrogen) atoms. The molecule has 1 aromatic carbocycles. The average molecular weight is 429 g/mol. The zero-order valence-corrected chi connectivity index (χ0v) is 16.9. The van der Waals surface area contributed by atoms with Crippen molar-refractivity contribution in [2.75, 3.05) is 19.8 Å². The lowest BCUT2D eigenvalue weighted by Crippen LogP contribution is -2.32. The third-order valence-corrected chi connectivity index (χ3v) is 5.34. The monoisotopic (exact) mass is 428 g/mol. The number of hydrogen-bond acceptors (Lipinski definition) is 6. The molecule has 3 aromatic rings. The van der Waals surface area contributed by atoms with Crippen molar-refractivity contribution in [3.05, 3.63) is 63.4 Å². The average Bonchev–Trinajstić information content (AvgIpc) is 2.77. The molecule has 9 heteroatoms. The summed E-state index contributed by atoms with van der Waals surface area (Å²) in [5, 5.41) is 3.74. The largest absolute Gasteiger partial charge is 0.486 e. The molecule has 0 unspecified atom stereocenters. The first-order chi connectivity index (χ1) is 14.6. The van der Waals surface area contributed by atoms with E-state index in [9.17, 15) is 9.59 Å². The number of rotatable bonds is 6. The molecule has 0 aliphatic carbocycles. The summed E-state index contributed by atoms with van der Waals surface area (Å²) in [6, 6.07) is 6.47. The normalized spacial score (nSPS) is 14.6. The molecule has 1 aliphatic heterocycles. The Hall–Kier alpha value is -2.97. The number of aromatic nitrogens is 3. The van der Waals surface area contributed by atoms with Gasteiger partial charge in [0.2, 0.25) is 0 Å². The molecule has 0 saturated carbocycles. The Balaban J connectivity index is 1.42. The first-order valence-corrected chi connectivity index (χ1v) is 10.1. The fourth-order valence-electron chi connectivity index (χ4n) is 3.31. The number of halogens is 1. The summed E-state index contributed by atoms with van der Waals surface area (Å²) in [5.74, 6) is 0.969. The second kappa shape index (κ2) is 9.23. The van der Waals surface area contributed by atoms with Crippen LogP contribution in [0.15, 0.2) is 41.5 Å². The van der Waals surface area contributed by atoms with E-state index >= 15 is 0 Å². The van der Waals surface area contributed by atoms with Gasteiger partial charge in [-0.2, -0.15) is 0 Å². The van der Waals surface area contributed by atoms with Crippen molar-refractivity contribution in [1.82, 2.24) is 20.3 Å². The number of benzene rings is 1. The van der Waals surface area contributed by atoms with Crippen LogP contribution in [0.5, 0.6) is 5.75 Å². The maximum Gasteiger partial charge on any atom is 0.258 e. The highest BCUT2D eigenvalue weighted by Gasteiger charge is 2.17. The van der Waals surface area contributed by atoms with Gasteiger partial charge < -0.3 is 19.8 Å². The highest BCUT2D eigenvalue weighted by molar-refractivity contribution is 6.33. The number of H-pyrrole nitrogens is 1. The van der Waals surface area contributed by atoms with Crippen LogP contribution in [-0.2, 0) is 11.3 Å². The summed E-state index contributed by atoms with van der Waals surface area (Å²) < 4.78 is 11.1. The number of aromatic amines is 1. The van der Waals surface area contributed by atoms with Gasteiger partial charge in [-0.1, -0.05) is 11.6 Å². The predicted molar refractivity (Wildman–Crippen MR) is 112 cm³/mol. The van der Waals surface area contributed by atoms with E-state index in [1.54, 1.807) is 24.3 Å². The molecule has 156 valence electrons. The van der Waals surface area contributed by atoms with E-state index < -0.39 is 0 Å². The third kappa shape index (κ3) is 4.77. The Kier molecular flexibility index (Phi) is 6.25. The van der Waals surface area contributed by atoms with Crippen molar-refractivity contribution in [1.29, 1.82) is 0 Å². The van der Waals surface area contributed by atoms with Crippen LogP contribution in [-0.4, -0.2) is 40.6 Å². The first kappa shape index (κ1) is 20.3. The summed E-state index contributed by atoms with van der Waals surface area (Å²) in [4.78, 5) is 35.7. The number of nitrogens with one attached hydrogen (secondary N) is 2. The van der Waals surface area contributed by atoms with Gasteiger partial charge in [0.05, 0.1) is 27.7 Å². The van der Waals surface area contributed by atoms with Gasteiger partial charge in [-0.25, -0.2) is 4.98 Å². The zero-order valence-electron chi connectivity index (χ0n) is 16.2. The van der Waals surface area contributed by atoms with E-state index in [4.69, 9.17) is 21.1 Å². The van der Waals surface area contributed by atoms with Gasteiger partial charge in [-0.15, -0.1) is 0 Å². The van der Waals surface area contributed by atoms with E-state index in [0.29, 0.717) is 45.5 Å². The predicted octanol–water partition coefficient (Wildman–Crippen LogP) is 2.71. The van der Waals surface area contributed by atoms with Crippen LogP contribution in [0, 0.1) is 5.92 Å². The van der Waals surface area contributed by atoms with Gasteiger partial charge in [0.25, 0.3) is 11.5 Å². The SMILES string of the molecule is O=C(NCC1CCOCC1)c1cc(OCc2nc3cnccc3c(=O)[nH]2)ccc1Cl. The molecular weight excluding hydrogens is 408 g/mol.